The minimum absolute atomic E-state index is 0.217. The molecule has 1 saturated heterocycles. The number of hydrogen-bond donors (Lipinski definition) is 1. The Balaban J connectivity index is 1.50. The van der Waals surface area contributed by atoms with Crippen molar-refractivity contribution < 1.29 is 18.7 Å². The lowest BCUT2D eigenvalue weighted by molar-refractivity contribution is -0.113. The third kappa shape index (κ3) is 4.78. The van der Waals surface area contributed by atoms with Crippen LogP contribution in [0.1, 0.15) is 11.5 Å². The number of nitrogens with zero attached hydrogens (tertiary/aromatic N) is 1. The molecule has 0 unspecified atom stereocenters. The zero-order chi connectivity index (χ0) is 22.8. The fraction of sp³-hybridized carbons (Fsp3) is 0.0909. The smallest absolute Gasteiger partial charge is 0.281 e. The van der Waals surface area contributed by atoms with E-state index >= 15 is 0 Å². The van der Waals surface area contributed by atoms with Crippen LogP contribution in [0.25, 0.3) is 6.08 Å². The fourth-order valence-corrected chi connectivity index (χ4v) is 5.85. The Bertz CT molecular complexity index is 1220. The van der Waals surface area contributed by atoms with Crippen LogP contribution in [-0.2, 0) is 11.4 Å². The summed E-state index contributed by atoms with van der Waals surface area (Å²) >= 11 is 15.8. The van der Waals surface area contributed by atoms with Gasteiger partial charge in [-0.15, -0.1) is 0 Å². The normalized spacial score (nSPS) is 14.8. The molecule has 0 radical (unpaired) electrons. The van der Waals surface area contributed by atoms with E-state index in [0.29, 0.717) is 34.4 Å². The highest BCUT2D eigenvalue weighted by atomic mass is 79.9. The maximum atomic E-state index is 13.0. The Morgan fingerprint density at radius 2 is 1.84 bits per heavy atom. The number of halogens is 3. The van der Waals surface area contributed by atoms with Crippen LogP contribution in [0.2, 0.25) is 0 Å². The Morgan fingerprint density at radius 3 is 2.56 bits per heavy atom. The van der Waals surface area contributed by atoms with Gasteiger partial charge >= 0.3 is 0 Å². The number of methoxy groups -OCH3 is 1. The van der Waals surface area contributed by atoms with Crippen molar-refractivity contribution in [3.05, 3.63) is 79.2 Å². The molecule has 0 bridgehead atoms. The highest BCUT2D eigenvalue weighted by Crippen LogP contribution is 2.37. The molecule has 10 heteroatoms. The van der Waals surface area contributed by atoms with E-state index in [1.165, 1.54) is 4.90 Å². The fourth-order valence-electron chi connectivity index (χ4n) is 3.07. The minimum Gasteiger partial charge on any atom is -0.495 e. The molecule has 1 N–H and O–H groups in total. The summed E-state index contributed by atoms with van der Waals surface area (Å²) in [6.07, 6.45) is 1.61. The third-order valence-electron chi connectivity index (χ3n) is 4.50. The van der Waals surface area contributed by atoms with E-state index < -0.39 is 0 Å². The number of thiocarbonyl (C=S) groups is 1. The Hall–Kier alpha value is -2.14. The second kappa shape index (κ2) is 9.78. The minimum atomic E-state index is -0.295. The van der Waals surface area contributed by atoms with E-state index in [4.69, 9.17) is 26.1 Å². The van der Waals surface area contributed by atoms with Crippen LogP contribution in [0.3, 0.4) is 0 Å². The van der Waals surface area contributed by atoms with Gasteiger partial charge in [-0.2, -0.15) is 0 Å². The zero-order valence-corrected chi connectivity index (χ0v) is 22.1. The molecule has 1 aliphatic heterocycles. The molecule has 1 aromatic heterocycles. The van der Waals surface area contributed by atoms with E-state index in [-0.39, 0.29) is 17.6 Å². The van der Waals surface area contributed by atoms with Gasteiger partial charge in [0, 0.05) is 10.5 Å². The van der Waals surface area contributed by atoms with Gasteiger partial charge in [-0.1, -0.05) is 28.1 Å². The number of benzene rings is 2. The summed E-state index contributed by atoms with van der Waals surface area (Å²) in [4.78, 5) is 14.4. The first-order valence-electron chi connectivity index (χ1n) is 9.23. The summed E-state index contributed by atoms with van der Waals surface area (Å²) in [6, 6.07) is 14.5. The van der Waals surface area contributed by atoms with Gasteiger partial charge in [-0.3, -0.25) is 4.79 Å². The summed E-state index contributed by atoms with van der Waals surface area (Å²) in [5, 5.41) is 3.21. The standard InChI is InChI=1S/C22H15Br3N2O4S/c1-29-19-5-3-2-4-18(19)27-21(28)17(26-22(27)32)10-13-6-7-14(31-13)11-30-20-15(24)8-12(23)9-16(20)25/h2-10H,11H2,1H3,(H,26,32)/b17-10+. The van der Waals surface area contributed by atoms with Gasteiger partial charge in [0.1, 0.15) is 35.3 Å². The molecule has 2 heterocycles. The molecule has 2 aromatic carbocycles. The number of furan rings is 1. The lowest BCUT2D eigenvalue weighted by atomic mass is 10.2. The van der Waals surface area contributed by atoms with Gasteiger partial charge in [0.25, 0.3) is 5.91 Å². The lowest BCUT2D eigenvalue weighted by Gasteiger charge is -2.17. The SMILES string of the molecule is COc1ccccc1N1C(=O)/C(=C\c2ccc(COc3c(Br)cc(Br)cc3Br)o2)NC1=S. The van der Waals surface area contributed by atoms with Crippen molar-refractivity contribution in [2.45, 2.75) is 6.61 Å². The molecule has 6 nitrogen and oxygen atoms in total. The van der Waals surface area contributed by atoms with Crippen LogP contribution in [0, 0.1) is 0 Å². The average Bonchev–Trinajstić information content (AvgIpc) is 3.31. The van der Waals surface area contributed by atoms with E-state index in [2.05, 4.69) is 53.1 Å². The number of hydrogen-bond acceptors (Lipinski definition) is 5. The quantitative estimate of drug-likeness (QED) is 0.248. The summed E-state index contributed by atoms with van der Waals surface area (Å²) in [5.41, 5.74) is 0.876. The molecular formula is C22H15Br3N2O4S. The van der Waals surface area contributed by atoms with Crippen molar-refractivity contribution in [3.8, 4) is 11.5 Å². The molecule has 3 aromatic rings. The lowest BCUT2D eigenvalue weighted by Crippen LogP contribution is -2.30. The van der Waals surface area contributed by atoms with Crippen molar-refractivity contribution in [1.82, 2.24) is 5.32 Å². The van der Waals surface area contributed by atoms with Crippen molar-refractivity contribution in [2.75, 3.05) is 12.0 Å². The number of para-hydroxylation sites is 2. The van der Waals surface area contributed by atoms with Crippen LogP contribution in [0.5, 0.6) is 11.5 Å². The molecule has 164 valence electrons. The maximum absolute atomic E-state index is 13.0. The molecule has 1 aliphatic rings. The van der Waals surface area contributed by atoms with Gasteiger partial charge in [0.15, 0.2) is 5.11 Å². The molecule has 0 spiro atoms. The molecule has 4 rings (SSSR count). The van der Waals surface area contributed by atoms with Crippen LogP contribution in [0.4, 0.5) is 5.69 Å². The number of carbonyl (C=O) groups excluding carboxylic acids is 1. The highest BCUT2D eigenvalue weighted by Gasteiger charge is 2.33. The predicted molar refractivity (Wildman–Crippen MR) is 137 cm³/mol. The number of carbonyl (C=O) groups is 1. The first-order chi connectivity index (χ1) is 15.4. The topological polar surface area (TPSA) is 63.9 Å². The van der Waals surface area contributed by atoms with Gasteiger partial charge < -0.3 is 19.2 Å². The van der Waals surface area contributed by atoms with E-state index in [1.54, 1.807) is 37.5 Å². The van der Waals surface area contributed by atoms with Gasteiger partial charge in [0.2, 0.25) is 0 Å². The Morgan fingerprint density at radius 1 is 1.12 bits per heavy atom. The summed E-state index contributed by atoms with van der Waals surface area (Å²) in [5.74, 6) is 2.02. The van der Waals surface area contributed by atoms with Crippen LogP contribution >= 0.6 is 60.0 Å². The van der Waals surface area contributed by atoms with Gasteiger partial charge in [-0.05, 0) is 80.5 Å². The monoisotopic (exact) mass is 640 g/mol. The molecular weight excluding hydrogens is 628 g/mol. The molecule has 0 saturated carbocycles. The van der Waals surface area contributed by atoms with Crippen LogP contribution < -0.4 is 19.7 Å². The second-order valence-electron chi connectivity index (χ2n) is 6.59. The highest BCUT2D eigenvalue weighted by molar-refractivity contribution is 9.11. The van der Waals surface area contributed by atoms with Crippen LogP contribution in [-0.4, -0.2) is 18.1 Å². The zero-order valence-electron chi connectivity index (χ0n) is 16.5. The third-order valence-corrected chi connectivity index (χ3v) is 6.42. The first-order valence-corrected chi connectivity index (χ1v) is 12.0. The maximum Gasteiger partial charge on any atom is 0.281 e. The average molecular weight is 643 g/mol. The molecule has 0 aliphatic carbocycles. The van der Waals surface area contributed by atoms with E-state index in [1.807, 2.05) is 24.3 Å². The van der Waals surface area contributed by atoms with Crippen LogP contribution in [0.15, 0.2) is 72.1 Å². The molecule has 32 heavy (non-hydrogen) atoms. The molecule has 1 fully saturated rings. The van der Waals surface area contributed by atoms with Crippen molar-refractivity contribution in [3.63, 3.8) is 0 Å². The first kappa shape index (κ1) is 23.0. The second-order valence-corrected chi connectivity index (χ2v) is 9.60. The summed E-state index contributed by atoms with van der Waals surface area (Å²) in [6.45, 7) is 0.217. The van der Waals surface area contributed by atoms with Gasteiger partial charge in [0.05, 0.1) is 21.7 Å². The van der Waals surface area contributed by atoms with Crippen molar-refractivity contribution in [2.24, 2.45) is 0 Å². The predicted octanol–water partition coefficient (Wildman–Crippen LogP) is 6.42. The largest absolute Gasteiger partial charge is 0.495 e. The molecule has 1 amide bonds. The number of nitrogens with one attached hydrogen (secondary N) is 1. The van der Waals surface area contributed by atoms with E-state index in [9.17, 15) is 4.79 Å². The summed E-state index contributed by atoms with van der Waals surface area (Å²) in [7, 11) is 1.55. The molecule has 0 atom stereocenters. The number of anilines is 1. The number of ether oxygens (including phenoxy) is 2. The Labute approximate surface area is 214 Å². The summed E-state index contributed by atoms with van der Waals surface area (Å²) < 4.78 is 19.6. The number of rotatable bonds is 6. The number of amides is 1. The Kier molecular flexibility index (Phi) is 7.04. The van der Waals surface area contributed by atoms with E-state index in [0.717, 1.165) is 13.4 Å². The van der Waals surface area contributed by atoms with Crippen molar-refractivity contribution >= 4 is 82.8 Å². The van der Waals surface area contributed by atoms with Gasteiger partial charge in [-0.25, -0.2) is 4.90 Å². The van der Waals surface area contributed by atoms with Crippen molar-refractivity contribution in [1.29, 1.82) is 0 Å².